The summed E-state index contributed by atoms with van der Waals surface area (Å²) < 4.78 is 0. The minimum absolute atomic E-state index is 1.03. The van der Waals surface area contributed by atoms with Crippen molar-refractivity contribution in [2.24, 2.45) is 0 Å². The van der Waals surface area contributed by atoms with E-state index in [0.717, 1.165) is 26.2 Å². The topological polar surface area (TPSA) is 15.3 Å². The summed E-state index contributed by atoms with van der Waals surface area (Å²) in [4.78, 5) is 3.95. The fraction of sp³-hybridized carbons (Fsp3) is 0.375. The minimum Gasteiger partial charge on any atom is -0.385 e. The summed E-state index contributed by atoms with van der Waals surface area (Å²) in [5.74, 6) is 0. The lowest BCUT2D eigenvalue weighted by Crippen LogP contribution is -2.25. The highest BCUT2D eigenvalue weighted by atomic mass is 32.1. The van der Waals surface area contributed by atoms with E-state index in [1.54, 1.807) is 0 Å². The molecule has 0 saturated carbocycles. The molecule has 0 atom stereocenters. The molecule has 102 valence electrons. The number of benzene rings is 1. The molecule has 0 radical (unpaired) electrons. The average Bonchev–Trinajstić information content (AvgIpc) is 2.96. The van der Waals surface area contributed by atoms with Crippen LogP contribution in [0.3, 0.4) is 0 Å². The van der Waals surface area contributed by atoms with Crippen LogP contribution in [0, 0.1) is 0 Å². The van der Waals surface area contributed by atoms with Crippen molar-refractivity contribution in [1.82, 2.24) is 4.90 Å². The van der Waals surface area contributed by atoms with E-state index in [2.05, 4.69) is 58.9 Å². The molecule has 1 aromatic carbocycles. The number of hydrogen-bond acceptors (Lipinski definition) is 3. The van der Waals surface area contributed by atoms with Crippen LogP contribution < -0.4 is 5.32 Å². The maximum atomic E-state index is 3.46. The summed E-state index contributed by atoms with van der Waals surface area (Å²) in [6.07, 6.45) is 1.17. The lowest BCUT2D eigenvalue weighted by Gasteiger charge is -2.19. The largest absolute Gasteiger partial charge is 0.385 e. The summed E-state index contributed by atoms with van der Waals surface area (Å²) in [6, 6.07) is 14.8. The molecule has 2 aromatic rings. The first-order valence-corrected chi connectivity index (χ1v) is 7.80. The molecule has 1 heterocycles. The van der Waals surface area contributed by atoms with Gasteiger partial charge in [0.05, 0.1) is 0 Å². The average molecular weight is 274 g/mol. The van der Waals surface area contributed by atoms with Gasteiger partial charge < -0.3 is 5.32 Å². The second-order valence-corrected chi connectivity index (χ2v) is 5.63. The normalized spacial score (nSPS) is 10.8. The van der Waals surface area contributed by atoms with E-state index < -0.39 is 0 Å². The molecule has 0 aliphatic carbocycles. The Morgan fingerprint density at radius 1 is 1.11 bits per heavy atom. The number of nitrogens with one attached hydrogen (secondary N) is 1. The van der Waals surface area contributed by atoms with Crippen LogP contribution in [-0.2, 0) is 6.54 Å². The SMILES string of the molecule is CCN(CCCNc1ccccc1)Cc1cccs1. The van der Waals surface area contributed by atoms with Crippen LogP contribution in [0.4, 0.5) is 5.69 Å². The predicted molar refractivity (Wildman–Crippen MR) is 84.8 cm³/mol. The highest BCUT2D eigenvalue weighted by Crippen LogP contribution is 2.12. The van der Waals surface area contributed by atoms with Crippen molar-refractivity contribution in [1.29, 1.82) is 0 Å². The van der Waals surface area contributed by atoms with Gasteiger partial charge in [-0.2, -0.15) is 0 Å². The summed E-state index contributed by atoms with van der Waals surface area (Å²) in [7, 11) is 0. The van der Waals surface area contributed by atoms with Gasteiger partial charge in [0.1, 0.15) is 0 Å². The van der Waals surface area contributed by atoms with Crippen molar-refractivity contribution >= 4 is 17.0 Å². The Morgan fingerprint density at radius 3 is 2.63 bits per heavy atom. The van der Waals surface area contributed by atoms with Crippen molar-refractivity contribution in [2.45, 2.75) is 19.9 Å². The van der Waals surface area contributed by atoms with Crippen molar-refractivity contribution < 1.29 is 0 Å². The van der Waals surface area contributed by atoms with E-state index in [4.69, 9.17) is 0 Å². The standard InChI is InChI=1S/C16H22N2S/c1-2-18(14-16-10-6-13-19-16)12-7-11-17-15-8-4-3-5-9-15/h3-6,8-10,13,17H,2,7,11-12,14H2,1H3. The Bertz CT molecular complexity index is 439. The third kappa shape index (κ3) is 5.05. The highest BCUT2D eigenvalue weighted by Gasteiger charge is 2.03. The van der Waals surface area contributed by atoms with Gasteiger partial charge in [-0.3, -0.25) is 4.90 Å². The molecule has 0 fully saturated rings. The van der Waals surface area contributed by atoms with E-state index in [9.17, 15) is 0 Å². The molecule has 3 heteroatoms. The first-order chi connectivity index (χ1) is 9.38. The monoisotopic (exact) mass is 274 g/mol. The van der Waals surface area contributed by atoms with Crippen LogP contribution in [0.5, 0.6) is 0 Å². The Hall–Kier alpha value is -1.32. The molecule has 1 N–H and O–H groups in total. The summed E-state index contributed by atoms with van der Waals surface area (Å²) in [5.41, 5.74) is 1.21. The van der Waals surface area contributed by atoms with Crippen LogP contribution in [0.15, 0.2) is 47.8 Å². The Morgan fingerprint density at radius 2 is 1.95 bits per heavy atom. The van der Waals surface area contributed by atoms with Crippen LogP contribution >= 0.6 is 11.3 Å². The molecule has 0 bridgehead atoms. The number of hydrogen-bond donors (Lipinski definition) is 1. The Labute approximate surface area is 120 Å². The first-order valence-electron chi connectivity index (χ1n) is 6.92. The zero-order chi connectivity index (χ0) is 13.3. The van der Waals surface area contributed by atoms with Crippen molar-refractivity contribution in [3.05, 3.63) is 52.7 Å². The zero-order valence-electron chi connectivity index (χ0n) is 11.5. The van der Waals surface area contributed by atoms with Gasteiger partial charge in [-0.25, -0.2) is 0 Å². The van der Waals surface area contributed by atoms with Gasteiger partial charge in [-0.05, 0) is 36.5 Å². The van der Waals surface area contributed by atoms with Gasteiger partial charge >= 0.3 is 0 Å². The molecule has 19 heavy (non-hydrogen) atoms. The molecule has 0 unspecified atom stereocenters. The molecular formula is C16H22N2S. The number of thiophene rings is 1. The second-order valence-electron chi connectivity index (χ2n) is 4.59. The maximum Gasteiger partial charge on any atom is 0.0340 e. The van der Waals surface area contributed by atoms with Crippen LogP contribution in [-0.4, -0.2) is 24.5 Å². The minimum atomic E-state index is 1.03. The molecule has 0 aliphatic rings. The number of rotatable bonds is 8. The van der Waals surface area contributed by atoms with Gasteiger partial charge in [0.15, 0.2) is 0 Å². The molecule has 0 amide bonds. The van der Waals surface area contributed by atoms with Crippen molar-refractivity contribution in [2.75, 3.05) is 25.0 Å². The lowest BCUT2D eigenvalue weighted by atomic mass is 10.3. The summed E-state index contributed by atoms with van der Waals surface area (Å²) in [6.45, 7) is 6.61. The van der Waals surface area contributed by atoms with E-state index in [-0.39, 0.29) is 0 Å². The Balaban J connectivity index is 1.66. The van der Waals surface area contributed by atoms with Crippen LogP contribution in [0.2, 0.25) is 0 Å². The highest BCUT2D eigenvalue weighted by molar-refractivity contribution is 7.09. The van der Waals surface area contributed by atoms with E-state index in [1.165, 1.54) is 17.0 Å². The third-order valence-electron chi connectivity index (χ3n) is 3.16. The van der Waals surface area contributed by atoms with Gasteiger partial charge in [0, 0.05) is 30.2 Å². The van der Waals surface area contributed by atoms with Gasteiger partial charge in [-0.1, -0.05) is 31.2 Å². The first kappa shape index (κ1) is 14.1. The Kier molecular flexibility index (Phi) is 5.92. The number of para-hydroxylation sites is 1. The predicted octanol–water partition coefficient (Wildman–Crippen LogP) is 4.07. The fourth-order valence-corrected chi connectivity index (χ4v) is 2.81. The fourth-order valence-electron chi connectivity index (χ4n) is 2.06. The summed E-state index contributed by atoms with van der Waals surface area (Å²) in [5, 5.41) is 5.61. The molecule has 0 saturated heterocycles. The number of anilines is 1. The third-order valence-corrected chi connectivity index (χ3v) is 4.02. The van der Waals surface area contributed by atoms with E-state index in [0.29, 0.717) is 0 Å². The molecule has 0 aliphatic heterocycles. The zero-order valence-corrected chi connectivity index (χ0v) is 12.3. The summed E-state index contributed by atoms with van der Waals surface area (Å²) >= 11 is 1.85. The molecule has 0 spiro atoms. The van der Waals surface area contributed by atoms with Gasteiger partial charge in [0.25, 0.3) is 0 Å². The van der Waals surface area contributed by atoms with Gasteiger partial charge in [0.2, 0.25) is 0 Å². The molecule has 1 aromatic heterocycles. The number of nitrogens with zero attached hydrogens (tertiary/aromatic N) is 1. The smallest absolute Gasteiger partial charge is 0.0340 e. The second kappa shape index (κ2) is 7.97. The molecular weight excluding hydrogens is 252 g/mol. The molecule has 2 nitrogen and oxygen atoms in total. The van der Waals surface area contributed by atoms with Crippen molar-refractivity contribution in [3.8, 4) is 0 Å². The van der Waals surface area contributed by atoms with Crippen molar-refractivity contribution in [3.63, 3.8) is 0 Å². The van der Waals surface area contributed by atoms with Crippen LogP contribution in [0.25, 0.3) is 0 Å². The van der Waals surface area contributed by atoms with Gasteiger partial charge in [-0.15, -0.1) is 11.3 Å². The maximum absolute atomic E-state index is 3.46. The quantitative estimate of drug-likeness (QED) is 0.730. The lowest BCUT2D eigenvalue weighted by molar-refractivity contribution is 0.281. The molecule has 2 rings (SSSR count). The van der Waals surface area contributed by atoms with Crippen LogP contribution in [0.1, 0.15) is 18.2 Å². The van der Waals surface area contributed by atoms with E-state index in [1.807, 2.05) is 17.4 Å². The van der Waals surface area contributed by atoms with E-state index >= 15 is 0 Å².